The molecule has 2 rings (SSSR count). The Morgan fingerprint density at radius 1 is 1.19 bits per heavy atom. The van der Waals surface area contributed by atoms with Crippen LogP contribution in [0.5, 0.6) is 5.88 Å². The number of methoxy groups -OCH3 is 1. The first-order valence-electron chi connectivity index (χ1n) is 6.68. The average molecular weight is 288 g/mol. The van der Waals surface area contributed by atoms with Crippen LogP contribution in [0.15, 0.2) is 36.5 Å². The molecule has 0 amide bonds. The fourth-order valence-electron chi connectivity index (χ4n) is 1.76. The normalized spacial score (nSPS) is 9.48. The summed E-state index contributed by atoms with van der Waals surface area (Å²) in [7, 11) is 1.62. The highest BCUT2D eigenvalue weighted by molar-refractivity contribution is 5.62. The summed E-state index contributed by atoms with van der Waals surface area (Å²) in [5, 5.41) is 15.2. The molecule has 2 aromatic rings. The minimum absolute atomic E-state index is 0.604. The average Bonchev–Trinajstić information content (AvgIpc) is 2.48. The zero-order chi connectivity index (χ0) is 15.7. The fourth-order valence-corrected chi connectivity index (χ4v) is 1.76. The molecule has 5 nitrogen and oxygen atoms in total. The predicted molar refractivity (Wildman–Crippen MR) is 80.5 cm³/mol. The van der Waals surface area contributed by atoms with Gasteiger partial charge in [-0.2, -0.15) is 5.10 Å². The maximum atomic E-state index is 9.00. The molecular formula is C16H20N2O3. The third kappa shape index (κ3) is 6.03. The number of nitrogens with zero attached hydrogens (tertiary/aromatic N) is 2. The SMILES string of the molecule is CC(=O)O.CCc1ccc(Cc2ccnnc2OC)cc1. The van der Waals surface area contributed by atoms with Crippen LogP contribution in [0.4, 0.5) is 0 Å². The lowest BCUT2D eigenvalue weighted by Gasteiger charge is -2.06. The van der Waals surface area contributed by atoms with Crippen LogP contribution < -0.4 is 4.74 Å². The zero-order valence-electron chi connectivity index (χ0n) is 12.5. The Hall–Kier alpha value is -2.43. The molecule has 1 heterocycles. The zero-order valence-corrected chi connectivity index (χ0v) is 12.5. The lowest BCUT2D eigenvalue weighted by Crippen LogP contribution is -1.97. The molecule has 0 aliphatic heterocycles. The number of rotatable bonds is 4. The standard InChI is InChI=1S/C14H16N2O.C2H4O2/c1-3-11-4-6-12(7-5-11)10-13-8-9-15-16-14(13)17-2;1-2(3)4/h4-9H,3,10H2,1-2H3;1H3,(H,3,4). The van der Waals surface area contributed by atoms with E-state index in [9.17, 15) is 0 Å². The summed E-state index contributed by atoms with van der Waals surface area (Å²) < 4.78 is 5.19. The van der Waals surface area contributed by atoms with E-state index in [1.54, 1.807) is 13.3 Å². The van der Waals surface area contributed by atoms with Gasteiger partial charge in [0.05, 0.1) is 13.3 Å². The van der Waals surface area contributed by atoms with E-state index >= 15 is 0 Å². The molecule has 1 N–H and O–H groups in total. The second-order valence-corrected chi connectivity index (χ2v) is 4.43. The van der Waals surface area contributed by atoms with Gasteiger partial charge >= 0.3 is 0 Å². The van der Waals surface area contributed by atoms with E-state index in [2.05, 4.69) is 41.4 Å². The number of hydrogen-bond acceptors (Lipinski definition) is 4. The second kappa shape index (κ2) is 8.68. The number of benzene rings is 1. The van der Waals surface area contributed by atoms with Gasteiger partial charge in [-0.25, -0.2) is 0 Å². The number of carbonyl (C=O) groups is 1. The van der Waals surface area contributed by atoms with Crippen molar-refractivity contribution in [1.29, 1.82) is 0 Å². The Bertz CT molecular complexity index is 564. The van der Waals surface area contributed by atoms with Crippen LogP contribution in [0.25, 0.3) is 0 Å². The molecule has 1 aromatic heterocycles. The Balaban J connectivity index is 0.000000491. The maximum Gasteiger partial charge on any atom is 0.300 e. The van der Waals surface area contributed by atoms with Crippen molar-refractivity contribution < 1.29 is 14.6 Å². The van der Waals surface area contributed by atoms with Crippen molar-refractivity contribution in [2.45, 2.75) is 26.7 Å². The molecule has 0 aliphatic rings. The quantitative estimate of drug-likeness (QED) is 0.936. The minimum Gasteiger partial charge on any atom is -0.481 e. The molecule has 21 heavy (non-hydrogen) atoms. The van der Waals surface area contributed by atoms with Gasteiger partial charge in [0.2, 0.25) is 5.88 Å². The molecule has 0 atom stereocenters. The van der Waals surface area contributed by atoms with Gasteiger partial charge in [0, 0.05) is 18.9 Å². The van der Waals surface area contributed by atoms with E-state index in [0.717, 1.165) is 25.3 Å². The number of aryl methyl sites for hydroxylation is 1. The van der Waals surface area contributed by atoms with Crippen molar-refractivity contribution in [2.75, 3.05) is 7.11 Å². The summed E-state index contributed by atoms with van der Waals surface area (Å²) in [6, 6.07) is 10.6. The van der Waals surface area contributed by atoms with Crippen molar-refractivity contribution in [3.8, 4) is 5.88 Å². The van der Waals surface area contributed by atoms with Crippen molar-refractivity contribution in [3.05, 3.63) is 53.2 Å². The van der Waals surface area contributed by atoms with E-state index in [1.807, 2.05) is 6.07 Å². The monoisotopic (exact) mass is 288 g/mol. The van der Waals surface area contributed by atoms with E-state index in [4.69, 9.17) is 14.6 Å². The number of carboxylic acid groups (broad SMARTS) is 1. The molecule has 112 valence electrons. The highest BCUT2D eigenvalue weighted by Gasteiger charge is 2.05. The van der Waals surface area contributed by atoms with Crippen LogP contribution >= 0.6 is 0 Å². The predicted octanol–water partition coefficient (Wildman–Crippen LogP) is 2.73. The molecule has 0 aliphatic carbocycles. The van der Waals surface area contributed by atoms with Crippen LogP contribution in [-0.2, 0) is 17.6 Å². The Morgan fingerprint density at radius 2 is 1.76 bits per heavy atom. The maximum absolute atomic E-state index is 9.00. The van der Waals surface area contributed by atoms with Gasteiger partial charge in [-0.05, 0) is 23.6 Å². The van der Waals surface area contributed by atoms with Gasteiger partial charge in [-0.15, -0.1) is 5.10 Å². The Morgan fingerprint density at radius 3 is 2.29 bits per heavy atom. The molecule has 0 saturated carbocycles. The van der Waals surface area contributed by atoms with Gasteiger partial charge in [0.15, 0.2) is 0 Å². The van der Waals surface area contributed by atoms with Gasteiger partial charge in [0.25, 0.3) is 5.97 Å². The molecule has 0 saturated heterocycles. The number of aliphatic carboxylic acids is 1. The number of hydrogen-bond donors (Lipinski definition) is 1. The molecule has 0 unspecified atom stereocenters. The number of carboxylic acids is 1. The van der Waals surface area contributed by atoms with Crippen molar-refractivity contribution in [2.24, 2.45) is 0 Å². The van der Waals surface area contributed by atoms with Crippen LogP contribution in [-0.4, -0.2) is 28.4 Å². The highest BCUT2D eigenvalue weighted by Crippen LogP contribution is 2.17. The summed E-state index contributed by atoms with van der Waals surface area (Å²) in [5.41, 5.74) is 3.67. The largest absolute Gasteiger partial charge is 0.481 e. The van der Waals surface area contributed by atoms with Crippen molar-refractivity contribution in [3.63, 3.8) is 0 Å². The molecule has 0 fully saturated rings. The smallest absolute Gasteiger partial charge is 0.300 e. The van der Waals surface area contributed by atoms with Crippen LogP contribution in [0.1, 0.15) is 30.5 Å². The van der Waals surface area contributed by atoms with Crippen LogP contribution in [0.2, 0.25) is 0 Å². The molecule has 1 aromatic carbocycles. The van der Waals surface area contributed by atoms with Crippen LogP contribution in [0.3, 0.4) is 0 Å². The first-order chi connectivity index (χ1) is 10.1. The van der Waals surface area contributed by atoms with Crippen LogP contribution in [0, 0.1) is 0 Å². The summed E-state index contributed by atoms with van der Waals surface area (Å²) in [4.78, 5) is 9.00. The van der Waals surface area contributed by atoms with Gasteiger partial charge in [-0.3, -0.25) is 4.79 Å². The second-order valence-electron chi connectivity index (χ2n) is 4.43. The summed E-state index contributed by atoms with van der Waals surface area (Å²) in [6.07, 6.45) is 3.58. The fraction of sp³-hybridized carbons (Fsp3) is 0.312. The van der Waals surface area contributed by atoms with Crippen molar-refractivity contribution >= 4 is 5.97 Å². The number of ether oxygens (including phenoxy) is 1. The third-order valence-electron chi connectivity index (χ3n) is 2.78. The Kier molecular flexibility index (Phi) is 6.87. The first kappa shape index (κ1) is 16.6. The molecule has 0 bridgehead atoms. The van der Waals surface area contributed by atoms with Gasteiger partial charge in [-0.1, -0.05) is 31.2 Å². The molecule has 0 spiro atoms. The summed E-state index contributed by atoms with van der Waals surface area (Å²) in [5.74, 6) is -0.230. The third-order valence-corrected chi connectivity index (χ3v) is 2.78. The van der Waals surface area contributed by atoms with E-state index < -0.39 is 5.97 Å². The lowest BCUT2D eigenvalue weighted by atomic mass is 10.0. The van der Waals surface area contributed by atoms with Gasteiger partial charge < -0.3 is 9.84 Å². The van der Waals surface area contributed by atoms with E-state index in [-0.39, 0.29) is 0 Å². The lowest BCUT2D eigenvalue weighted by molar-refractivity contribution is -0.134. The molecule has 0 radical (unpaired) electrons. The summed E-state index contributed by atoms with van der Waals surface area (Å²) in [6.45, 7) is 3.24. The molecule has 5 heteroatoms. The Labute approximate surface area is 124 Å². The number of aromatic nitrogens is 2. The van der Waals surface area contributed by atoms with E-state index in [1.165, 1.54) is 11.1 Å². The molecular weight excluding hydrogens is 268 g/mol. The first-order valence-corrected chi connectivity index (χ1v) is 6.68. The minimum atomic E-state index is -0.833. The van der Waals surface area contributed by atoms with E-state index in [0.29, 0.717) is 5.88 Å². The summed E-state index contributed by atoms with van der Waals surface area (Å²) >= 11 is 0. The van der Waals surface area contributed by atoms with Gasteiger partial charge in [0.1, 0.15) is 0 Å². The topological polar surface area (TPSA) is 72.3 Å². The van der Waals surface area contributed by atoms with Crippen molar-refractivity contribution in [1.82, 2.24) is 10.2 Å². The highest BCUT2D eigenvalue weighted by atomic mass is 16.5.